The van der Waals surface area contributed by atoms with E-state index < -0.39 is 11.8 Å². The average molecular weight is 324 g/mol. The van der Waals surface area contributed by atoms with Crippen LogP contribution >= 0.6 is 11.6 Å². The lowest BCUT2D eigenvalue weighted by atomic mass is 10.2. The van der Waals surface area contributed by atoms with Crippen molar-refractivity contribution in [2.75, 3.05) is 19.6 Å². The fourth-order valence-corrected chi connectivity index (χ4v) is 2.82. The number of nitrogens with one attached hydrogen (secondary N) is 2. The Hall–Kier alpha value is -1.59. The Balaban J connectivity index is 1.72. The third kappa shape index (κ3) is 4.71. The minimum absolute atomic E-state index is 0.313. The smallest absolute Gasteiger partial charge is 0.309 e. The second kappa shape index (κ2) is 8.15. The number of nitrogens with zero attached hydrogens (tertiary/aromatic N) is 1. The van der Waals surface area contributed by atoms with E-state index in [4.69, 9.17) is 11.6 Å². The van der Waals surface area contributed by atoms with Gasteiger partial charge in [-0.2, -0.15) is 0 Å². The SMILES string of the molecule is CCN1CCC[C@@H]1CNC(=O)C(=O)NCc1ccc(Cl)cc1. The first-order chi connectivity index (χ1) is 10.6. The molecule has 0 saturated carbocycles. The van der Waals surface area contributed by atoms with Crippen molar-refractivity contribution in [3.05, 3.63) is 34.9 Å². The fourth-order valence-electron chi connectivity index (χ4n) is 2.70. The highest BCUT2D eigenvalue weighted by Crippen LogP contribution is 2.15. The Labute approximate surface area is 136 Å². The van der Waals surface area contributed by atoms with Gasteiger partial charge < -0.3 is 10.6 Å². The molecule has 0 aromatic heterocycles. The van der Waals surface area contributed by atoms with Gasteiger partial charge in [0.15, 0.2) is 0 Å². The van der Waals surface area contributed by atoms with Gasteiger partial charge in [-0.1, -0.05) is 30.7 Å². The molecule has 2 rings (SSSR count). The molecule has 0 unspecified atom stereocenters. The van der Waals surface area contributed by atoms with Crippen molar-refractivity contribution in [2.24, 2.45) is 0 Å². The van der Waals surface area contributed by atoms with Crippen molar-refractivity contribution in [1.29, 1.82) is 0 Å². The Morgan fingerprint density at radius 1 is 1.23 bits per heavy atom. The Kier molecular flexibility index (Phi) is 6.21. The Morgan fingerprint density at radius 3 is 2.59 bits per heavy atom. The molecule has 0 spiro atoms. The summed E-state index contributed by atoms with van der Waals surface area (Å²) in [4.78, 5) is 25.9. The van der Waals surface area contributed by atoms with E-state index in [9.17, 15) is 9.59 Å². The van der Waals surface area contributed by atoms with Gasteiger partial charge >= 0.3 is 11.8 Å². The van der Waals surface area contributed by atoms with Crippen LogP contribution in [-0.4, -0.2) is 42.4 Å². The largest absolute Gasteiger partial charge is 0.346 e. The normalized spacial score (nSPS) is 18.2. The summed E-state index contributed by atoms with van der Waals surface area (Å²) in [5, 5.41) is 5.97. The van der Waals surface area contributed by atoms with Crippen LogP contribution in [0.25, 0.3) is 0 Å². The van der Waals surface area contributed by atoms with Gasteiger partial charge in [0.25, 0.3) is 0 Å². The maximum absolute atomic E-state index is 11.8. The minimum atomic E-state index is -0.601. The zero-order chi connectivity index (χ0) is 15.9. The highest BCUT2D eigenvalue weighted by Gasteiger charge is 2.24. The molecule has 1 aliphatic rings. The van der Waals surface area contributed by atoms with Crippen LogP contribution in [0.3, 0.4) is 0 Å². The quantitative estimate of drug-likeness (QED) is 0.808. The third-order valence-electron chi connectivity index (χ3n) is 3.98. The number of likely N-dealkylation sites (N-methyl/N-ethyl adjacent to an activating group) is 1. The number of halogens is 1. The van der Waals surface area contributed by atoms with Gasteiger partial charge in [0.2, 0.25) is 0 Å². The molecule has 6 heteroatoms. The third-order valence-corrected chi connectivity index (χ3v) is 4.23. The predicted octanol–water partition coefficient (Wildman–Crippen LogP) is 1.56. The summed E-state index contributed by atoms with van der Waals surface area (Å²) >= 11 is 5.80. The standard InChI is InChI=1S/C16H22ClN3O2/c1-2-20-9-3-4-14(20)11-19-16(22)15(21)18-10-12-5-7-13(17)8-6-12/h5-8,14H,2-4,9-11H2,1H3,(H,18,21)(H,19,22)/t14-/m1/s1. The molecule has 1 saturated heterocycles. The van der Waals surface area contributed by atoms with Crippen LogP contribution in [0.1, 0.15) is 25.3 Å². The number of likely N-dealkylation sites (tertiary alicyclic amines) is 1. The summed E-state index contributed by atoms with van der Waals surface area (Å²) in [6.07, 6.45) is 2.22. The van der Waals surface area contributed by atoms with Gasteiger partial charge in [0.05, 0.1) is 0 Å². The zero-order valence-corrected chi connectivity index (χ0v) is 13.5. The molecule has 120 valence electrons. The molecule has 1 fully saturated rings. The summed E-state index contributed by atoms with van der Waals surface area (Å²) in [7, 11) is 0. The molecule has 1 aromatic carbocycles. The summed E-state index contributed by atoms with van der Waals surface area (Å²) in [6, 6.07) is 7.49. The van der Waals surface area contributed by atoms with Crippen LogP contribution in [0.4, 0.5) is 0 Å². The van der Waals surface area contributed by atoms with Crippen LogP contribution < -0.4 is 10.6 Å². The first-order valence-corrected chi connectivity index (χ1v) is 8.02. The lowest BCUT2D eigenvalue weighted by molar-refractivity contribution is -0.139. The minimum Gasteiger partial charge on any atom is -0.346 e. The van der Waals surface area contributed by atoms with E-state index in [1.165, 1.54) is 0 Å². The molecule has 1 heterocycles. The molecule has 22 heavy (non-hydrogen) atoms. The number of hydrogen-bond donors (Lipinski definition) is 2. The number of hydrogen-bond acceptors (Lipinski definition) is 3. The molecule has 5 nitrogen and oxygen atoms in total. The monoisotopic (exact) mass is 323 g/mol. The van der Waals surface area contributed by atoms with Crippen molar-refractivity contribution < 1.29 is 9.59 Å². The van der Waals surface area contributed by atoms with Crippen molar-refractivity contribution in [2.45, 2.75) is 32.4 Å². The molecule has 0 radical (unpaired) electrons. The number of amides is 2. The van der Waals surface area contributed by atoms with Gasteiger partial charge in [-0.25, -0.2) is 0 Å². The maximum atomic E-state index is 11.8. The molecule has 1 aromatic rings. The highest BCUT2D eigenvalue weighted by molar-refractivity contribution is 6.35. The van der Waals surface area contributed by atoms with E-state index in [2.05, 4.69) is 22.5 Å². The fraction of sp³-hybridized carbons (Fsp3) is 0.500. The Morgan fingerprint density at radius 2 is 1.91 bits per heavy atom. The topological polar surface area (TPSA) is 61.4 Å². The van der Waals surface area contributed by atoms with Gasteiger partial charge in [0, 0.05) is 24.2 Å². The molecule has 1 atom stereocenters. The number of carbonyl (C=O) groups is 2. The van der Waals surface area contributed by atoms with Gasteiger partial charge in [-0.15, -0.1) is 0 Å². The second-order valence-electron chi connectivity index (χ2n) is 5.44. The lowest BCUT2D eigenvalue weighted by Gasteiger charge is -2.22. The van der Waals surface area contributed by atoms with E-state index in [0.717, 1.165) is 31.5 Å². The van der Waals surface area contributed by atoms with Gasteiger partial charge in [0.1, 0.15) is 0 Å². The molecule has 1 aliphatic heterocycles. The summed E-state index contributed by atoms with van der Waals surface area (Å²) in [5.74, 6) is -1.17. The maximum Gasteiger partial charge on any atom is 0.309 e. The summed E-state index contributed by atoms with van der Waals surface area (Å²) < 4.78 is 0. The number of benzene rings is 1. The highest BCUT2D eigenvalue weighted by atomic mass is 35.5. The lowest BCUT2D eigenvalue weighted by Crippen LogP contribution is -2.45. The van der Waals surface area contributed by atoms with Gasteiger partial charge in [-0.05, 0) is 43.6 Å². The molecule has 2 amide bonds. The van der Waals surface area contributed by atoms with Crippen molar-refractivity contribution >= 4 is 23.4 Å². The van der Waals surface area contributed by atoms with Crippen LogP contribution in [-0.2, 0) is 16.1 Å². The first kappa shape index (κ1) is 16.8. The van der Waals surface area contributed by atoms with Crippen molar-refractivity contribution in [3.63, 3.8) is 0 Å². The number of rotatable bonds is 5. The average Bonchev–Trinajstić information content (AvgIpc) is 2.99. The van der Waals surface area contributed by atoms with E-state index >= 15 is 0 Å². The summed E-state index contributed by atoms with van der Waals surface area (Å²) in [6.45, 7) is 5.00. The summed E-state index contributed by atoms with van der Waals surface area (Å²) in [5.41, 5.74) is 0.901. The van der Waals surface area contributed by atoms with E-state index in [1.807, 2.05) is 12.1 Å². The zero-order valence-electron chi connectivity index (χ0n) is 12.8. The van der Waals surface area contributed by atoms with Crippen LogP contribution in [0.5, 0.6) is 0 Å². The molecule has 0 bridgehead atoms. The van der Waals surface area contributed by atoms with E-state index in [0.29, 0.717) is 24.2 Å². The van der Waals surface area contributed by atoms with Crippen molar-refractivity contribution in [3.8, 4) is 0 Å². The van der Waals surface area contributed by atoms with Gasteiger partial charge in [-0.3, -0.25) is 14.5 Å². The predicted molar refractivity (Wildman–Crippen MR) is 86.6 cm³/mol. The Bertz CT molecular complexity index is 519. The van der Waals surface area contributed by atoms with Crippen LogP contribution in [0, 0.1) is 0 Å². The molecule has 0 aliphatic carbocycles. The second-order valence-corrected chi connectivity index (χ2v) is 5.88. The van der Waals surface area contributed by atoms with E-state index in [-0.39, 0.29) is 0 Å². The van der Waals surface area contributed by atoms with Crippen LogP contribution in [0.2, 0.25) is 5.02 Å². The number of carbonyl (C=O) groups excluding carboxylic acids is 2. The van der Waals surface area contributed by atoms with Crippen molar-refractivity contribution in [1.82, 2.24) is 15.5 Å². The van der Waals surface area contributed by atoms with E-state index in [1.54, 1.807) is 12.1 Å². The first-order valence-electron chi connectivity index (χ1n) is 7.64. The van der Waals surface area contributed by atoms with Crippen LogP contribution in [0.15, 0.2) is 24.3 Å². The molecular weight excluding hydrogens is 302 g/mol. The molecule has 2 N–H and O–H groups in total. The molecular formula is C16H22ClN3O2.